The fraction of sp³-hybridized carbons (Fsp3) is 0.133. The van der Waals surface area contributed by atoms with Crippen LogP contribution in [0.5, 0.6) is 0 Å². The van der Waals surface area contributed by atoms with Crippen LogP contribution in [0.15, 0.2) is 46.9 Å². The highest BCUT2D eigenvalue weighted by Crippen LogP contribution is 2.20. The molecule has 1 N–H and O–H groups in total. The quantitative estimate of drug-likeness (QED) is 0.891. The average molecular weight is 340 g/mol. The molecule has 0 spiro atoms. The zero-order valence-corrected chi connectivity index (χ0v) is 12.2. The number of rotatable bonds is 3. The van der Waals surface area contributed by atoms with Crippen LogP contribution in [0.4, 0.5) is 8.78 Å². The summed E-state index contributed by atoms with van der Waals surface area (Å²) < 4.78 is 27.2. The Morgan fingerprint density at radius 1 is 1.20 bits per heavy atom. The molecule has 2 rings (SSSR count). The Kier molecular flexibility index (Phi) is 4.49. The van der Waals surface area contributed by atoms with Crippen LogP contribution in [0.25, 0.3) is 0 Å². The zero-order chi connectivity index (χ0) is 14.7. The minimum atomic E-state index is -0.614. The molecule has 5 heteroatoms. The first-order valence-corrected chi connectivity index (χ1v) is 6.78. The number of nitrogens with one attached hydrogen (secondary N) is 1. The molecule has 2 aromatic rings. The van der Waals surface area contributed by atoms with E-state index < -0.39 is 17.8 Å². The van der Waals surface area contributed by atoms with Crippen LogP contribution >= 0.6 is 15.9 Å². The SMILES string of the molecule is CC(NC(=O)c1cccc(Br)c1F)c1cccc(F)c1. The van der Waals surface area contributed by atoms with Gasteiger partial charge in [0.05, 0.1) is 16.1 Å². The summed E-state index contributed by atoms with van der Waals surface area (Å²) in [4.78, 5) is 12.0. The highest BCUT2D eigenvalue weighted by molar-refractivity contribution is 9.10. The van der Waals surface area contributed by atoms with Gasteiger partial charge in [0.2, 0.25) is 0 Å². The Hall–Kier alpha value is -1.75. The number of hydrogen-bond donors (Lipinski definition) is 1. The Morgan fingerprint density at radius 3 is 2.60 bits per heavy atom. The van der Waals surface area contributed by atoms with Crippen molar-refractivity contribution in [3.63, 3.8) is 0 Å². The summed E-state index contributed by atoms with van der Waals surface area (Å²) in [6.07, 6.45) is 0. The van der Waals surface area contributed by atoms with Gasteiger partial charge >= 0.3 is 0 Å². The second kappa shape index (κ2) is 6.13. The average Bonchev–Trinajstić information content (AvgIpc) is 2.41. The molecule has 0 fully saturated rings. The normalized spacial score (nSPS) is 12.0. The van der Waals surface area contributed by atoms with Crippen molar-refractivity contribution in [1.29, 1.82) is 0 Å². The summed E-state index contributed by atoms with van der Waals surface area (Å²) in [7, 11) is 0. The van der Waals surface area contributed by atoms with Crippen molar-refractivity contribution < 1.29 is 13.6 Å². The fourth-order valence-electron chi connectivity index (χ4n) is 1.81. The van der Waals surface area contributed by atoms with E-state index in [0.717, 1.165) is 0 Å². The van der Waals surface area contributed by atoms with E-state index in [1.165, 1.54) is 24.3 Å². The van der Waals surface area contributed by atoms with Crippen molar-refractivity contribution in [1.82, 2.24) is 5.32 Å². The predicted octanol–water partition coefficient (Wildman–Crippen LogP) is 4.22. The monoisotopic (exact) mass is 339 g/mol. The van der Waals surface area contributed by atoms with E-state index in [2.05, 4.69) is 21.2 Å². The standard InChI is InChI=1S/C15H12BrF2NO/c1-9(10-4-2-5-11(17)8-10)19-15(20)12-6-3-7-13(16)14(12)18/h2-9H,1H3,(H,19,20). The predicted molar refractivity (Wildman–Crippen MR) is 76.4 cm³/mol. The molecule has 1 atom stereocenters. The number of amides is 1. The highest BCUT2D eigenvalue weighted by atomic mass is 79.9. The lowest BCUT2D eigenvalue weighted by atomic mass is 10.1. The van der Waals surface area contributed by atoms with Crippen LogP contribution < -0.4 is 5.32 Å². The minimum Gasteiger partial charge on any atom is -0.345 e. The Bertz CT molecular complexity index is 646. The van der Waals surface area contributed by atoms with Crippen molar-refractivity contribution in [2.45, 2.75) is 13.0 Å². The van der Waals surface area contributed by atoms with Crippen molar-refractivity contribution in [3.8, 4) is 0 Å². The van der Waals surface area contributed by atoms with Crippen LogP contribution in [-0.2, 0) is 0 Å². The van der Waals surface area contributed by atoms with Gasteiger partial charge in [-0.2, -0.15) is 0 Å². The Labute approximate surface area is 123 Å². The first-order chi connectivity index (χ1) is 9.49. The van der Waals surface area contributed by atoms with Gasteiger partial charge in [0.15, 0.2) is 0 Å². The van der Waals surface area contributed by atoms with Gasteiger partial charge in [0.1, 0.15) is 11.6 Å². The maximum Gasteiger partial charge on any atom is 0.254 e. The van der Waals surface area contributed by atoms with Crippen LogP contribution in [0.1, 0.15) is 28.9 Å². The van der Waals surface area contributed by atoms with Gasteiger partial charge in [-0.05, 0) is 52.7 Å². The van der Waals surface area contributed by atoms with Gasteiger partial charge in [-0.3, -0.25) is 4.79 Å². The van der Waals surface area contributed by atoms with Crippen LogP contribution in [-0.4, -0.2) is 5.91 Å². The summed E-state index contributed by atoms with van der Waals surface area (Å²) in [6, 6.07) is 9.99. The maximum atomic E-state index is 13.8. The largest absolute Gasteiger partial charge is 0.345 e. The van der Waals surface area contributed by atoms with E-state index >= 15 is 0 Å². The van der Waals surface area contributed by atoms with Crippen molar-refractivity contribution in [2.75, 3.05) is 0 Å². The molecular formula is C15H12BrF2NO. The fourth-order valence-corrected chi connectivity index (χ4v) is 2.18. The first-order valence-electron chi connectivity index (χ1n) is 5.99. The van der Waals surface area contributed by atoms with Gasteiger partial charge in [0, 0.05) is 0 Å². The number of hydrogen-bond acceptors (Lipinski definition) is 1. The second-order valence-electron chi connectivity index (χ2n) is 4.35. The molecule has 20 heavy (non-hydrogen) atoms. The van der Waals surface area contributed by atoms with Crippen LogP contribution in [0, 0.1) is 11.6 Å². The highest BCUT2D eigenvalue weighted by Gasteiger charge is 2.16. The molecule has 0 radical (unpaired) electrons. The lowest BCUT2D eigenvalue weighted by Crippen LogP contribution is -2.27. The van der Waals surface area contributed by atoms with Gasteiger partial charge in [-0.25, -0.2) is 8.78 Å². The van der Waals surface area contributed by atoms with Gasteiger partial charge < -0.3 is 5.32 Å². The summed E-state index contributed by atoms with van der Waals surface area (Å²) in [5, 5.41) is 2.64. The molecule has 0 aliphatic carbocycles. The van der Waals surface area contributed by atoms with Gasteiger partial charge in [-0.1, -0.05) is 18.2 Å². The summed E-state index contributed by atoms with van der Waals surface area (Å²) in [5.74, 6) is -1.53. The van der Waals surface area contributed by atoms with E-state index in [9.17, 15) is 13.6 Å². The van der Waals surface area contributed by atoms with E-state index in [1.54, 1.807) is 25.1 Å². The smallest absolute Gasteiger partial charge is 0.254 e. The molecule has 0 bridgehead atoms. The van der Waals surface area contributed by atoms with Crippen molar-refractivity contribution >= 4 is 21.8 Å². The summed E-state index contributed by atoms with van der Waals surface area (Å²) >= 11 is 3.03. The van der Waals surface area contributed by atoms with Crippen molar-refractivity contribution in [2.24, 2.45) is 0 Å². The molecule has 104 valence electrons. The van der Waals surface area contributed by atoms with Gasteiger partial charge in [0.25, 0.3) is 5.91 Å². The number of benzene rings is 2. The summed E-state index contributed by atoms with van der Waals surface area (Å²) in [6.45, 7) is 1.71. The number of carbonyl (C=O) groups excluding carboxylic acids is 1. The van der Waals surface area contributed by atoms with Crippen LogP contribution in [0.3, 0.4) is 0 Å². The topological polar surface area (TPSA) is 29.1 Å². The lowest BCUT2D eigenvalue weighted by Gasteiger charge is -2.15. The van der Waals surface area contributed by atoms with Gasteiger partial charge in [-0.15, -0.1) is 0 Å². The Morgan fingerprint density at radius 2 is 1.90 bits per heavy atom. The maximum absolute atomic E-state index is 13.8. The zero-order valence-electron chi connectivity index (χ0n) is 10.7. The molecule has 0 saturated heterocycles. The Balaban J connectivity index is 2.17. The molecule has 2 aromatic carbocycles. The molecule has 1 amide bonds. The molecule has 0 saturated carbocycles. The molecule has 2 nitrogen and oxygen atoms in total. The van der Waals surface area contributed by atoms with E-state index in [1.807, 2.05) is 0 Å². The van der Waals surface area contributed by atoms with E-state index in [-0.39, 0.29) is 15.9 Å². The third kappa shape index (κ3) is 3.22. The lowest BCUT2D eigenvalue weighted by molar-refractivity contribution is 0.0935. The summed E-state index contributed by atoms with van der Waals surface area (Å²) in [5.41, 5.74) is 0.566. The van der Waals surface area contributed by atoms with E-state index in [4.69, 9.17) is 0 Å². The molecule has 0 aliphatic heterocycles. The third-order valence-corrected chi connectivity index (χ3v) is 3.50. The molecular weight excluding hydrogens is 328 g/mol. The molecule has 0 aromatic heterocycles. The van der Waals surface area contributed by atoms with Crippen LogP contribution in [0.2, 0.25) is 0 Å². The molecule has 1 unspecified atom stereocenters. The number of halogens is 3. The molecule has 0 heterocycles. The number of carbonyl (C=O) groups is 1. The third-order valence-electron chi connectivity index (χ3n) is 2.89. The molecule has 0 aliphatic rings. The second-order valence-corrected chi connectivity index (χ2v) is 5.21. The first kappa shape index (κ1) is 14.7. The van der Waals surface area contributed by atoms with E-state index in [0.29, 0.717) is 5.56 Å². The minimum absolute atomic E-state index is 0.0531. The van der Waals surface area contributed by atoms with Crippen molar-refractivity contribution in [3.05, 3.63) is 69.7 Å².